The van der Waals surface area contributed by atoms with Gasteiger partial charge < -0.3 is 10.2 Å². The van der Waals surface area contributed by atoms with Crippen molar-refractivity contribution < 1.29 is 15.0 Å². The SMILES string of the molecule is N#Cc1ccc([C@H]2C(=O)C=C[C@@]2(O)CO)cc1. The van der Waals surface area contributed by atoms with E-state index < -0.39 is 18.1 Å². The zero-order valence-corrected chi connectivity index (χ0v) is 9.00. The molecular weight excluding hydrogens is 218 g/mol. The van der Waals surface area contributed by atoms with Crippen LogP contribution in [0.25, 0.3) is 0 Å². The van der Waals surface area contributed by atoms with Crippen molar-refractivity contribution in [3.05, 3.63) is 47.5 Å². The fourth-order valence-electron chi connectivity index (χ4n) is 2.01. The van der Waals surface area contributed by atoms with Crippen LogP contribution in [0.5, 0.6) is 0 Å². The summed E-state index contributed by atoms with van der Waals surface area (Å²) in [5, 5.41) is 27.9. The highest BCUT2D eigenvalue weighted by Crippen LogP contribution is 2.35. The first-order valence-electron chi connectivity index (χ1n) is 5.17. The minimum atomic E-state index is -1.54. The molecule has 2 N–H and O–H groups in total. The van der Waals surface area contributed by atoms with Crippen molar-refractivity contribution in [1.82, 2.24) is 0 Å². The Morgan fingerprint density at radius 2 is 2.00 bits per heavy atom. The fourth-order valence-corrected chi connectivity index (χ4v) is 2.01. The maximum Gasteiger partial charge on any atom is 0.166 e. The number of carbonyl (C=O) groups excluding carboxylic acids is 1. The van der Waals surface area contributed by atoms with Crippen molar-refractivity contribution >= 4 is 5.78 Å². The van der Waals surface area contributed by atoms with E-state index in [9.17, 15) is 9.90 Å². The molecule has 0 amide bonds. The van der Waals surface area contributed by atoms with Gasteiger partial charge in [-0.2, -0.15) is 5.26 Å². The summed E-state index contributed by atoms with van der Waals surface area (Å²) in [4.78, 5) is 11.7. The molecule has 0 bridgehead atoms. The molecule has 0 saturated heterocycles. The van der Waals surface area contributed by atoms with E-state index in [0.29, 0.717) is 11.1 Å². The van der Waals surface area contributed by atoms with Gasteiger partial charge in [-0.3, -0.25) is 4.79 Å². The number of allylic oxidation sites excluding steroid dienone is 1. The van der Waals surface area contributed by atoms with Crippen molar-refractivity contribution in [3.63, 3.8) is 0 Å². The van der Waals surface area contributed by atoms with Gasteiger partial charge in [0.25, 0.3) is 0 Å². The van der Waals surface area contributed by atoms with Gasteiger partial charge in [-0.1, -0.05) is 12.1 Å². The standard InChI is InChI=1S/C13H11NO3/c14-7-9-1-3-10(4-2-9)12-11(16)5-6-13(12,17)8-15/h1-6,12,15,17H,8H2/t12-,13+/m0/s1. The summed E-state index contributed by atoms with van der Waals surface area (Å²) in [6.45, 7) is -0.514. The van der Waals surface area contributed by atoms with E-state index in [0.717, 1.165) is 0 Å². The molecule has 86 valence electrons. The summed E-state index contributed by atoms with van der Waals surface area (Å²) in [6.07, 6.45) is 2.59. The molecule has 0 radical (unpaired) electrons. The number of nitrogens with zero attached hydrogens (tertiary/aromatic N) is 1. The highest BCUT2D eigenvalue weighted by Gasteiger charge is 2.43. The summed E-state index contributed by atoms with van der Waals surface area (Å²) in [5.74, 6) is -1.04. The molecule has 1 aliphatic carbocycles. The monoisotopic (exact) mass is 229 g/mol. The molecule has 17 heavy (non-hydrogen) atoms. The first-order valence-corrected chi connectivity index (χ1v) is 5.17. The Labute approximate surface area is 98.4 Å². The number of hydrogen-bond acceptors (Lipinski definition) is 4. The van der Waals surface area contributed by atoms with Crippen molar-refractivity contribution in [1.29, 1.82) is 5.26 Å². The maximum absolute atomic E-state index is 11.7. The Hall–Kier alpha value is -1.96. The second-order valence-corrected chi connectivity index (χ2v) is 4.05. The molecule has 2 atom stereocenters. The van der Waals surface area contributed by atoms with E-state index in [4.69, 9.17) is 10.4 Å². The van der Waals surface area contributed by atoms with E-state index in [-0.39, 0.29) is 5.78 Å². The van der Waals surface area contributed by atoms with Crippen molar-refractivity contribution in [2.75, 3.05) is 6.61 Å². The van der Waals surface area contributed by atoms with Crippen LogP contribution in [0.3, 0.4) is 0 Å². The molecule has 0 spiro atoms. The highest BCUT2D eigenvalue weighted by atomic mass is 16.3. The molecular formula is C13H11NO3. The third-order valence-corrected chi connectivity index (χ3v) is 2.95. The number of aliphatic hydroxyl groups excluding tert-OH is 1. The van der Waals surface area contributed by atoms with Crippen LogP contribution < -0.4 is 0 Å². The first-order chi connectivity index (χ1) is 8.10. The van der Waals surface area contributed by atoms with Crippen molar-refractivity contribution in [3.8, 4) is 6.07 Å². The quantitative estimate of drug-likeness (QED) is 0.774. The Balaban J connectivity index is 2.39. The van der Waals surface area contributed by atoms with Gasteiger partial charge in [0.1, 0.15) is 5.60 Å². The van der Waals surface area contributed by atoms with Crippen molar-refractivity contribution in [2.24, 2.45) is 0 Å². The van der Waals surface area contributed by atoms with Crippen LogP contribution in [-0.4, -0.2) is 28.2 Å². The van der Waals surface area contributed by atoms with Crippen LogP contribution in [0.15, 0.2) is 36.4 Å². The smallest absolute Gasteiger partial charge is 0.166 e. The van der Waals surface area contributed by atoms with Crippen LogP contribution in [0.1, 0.15) is 17.0 Å². The fraction of sp³-hybridized carbons (Fsp3) is 0.231. The number of nitriles is 1. The summed E-state index contributed by atoms with van der Waals surface area (Å²) in [5.41, 5.74) is -0.458. The summed E-state index contributed by atoms with van der Waals surface area (Å²) in [7, 11) is 0. The van der Waals surface area contributed by atoms with Crippen LogP contribution in [-0.2, 0) is 4.79 Å². The van der Waals surface area contributed by atoms with Crippen LogP contribution in [0, 0.1) is 11.3 Å². The van der Waals surface area contributed by atoms with Crippen molar-refractivity contribution in [2.45, 2.75) is 11.5 Å². The molecule has 0 aliphatic heterocycles. The topological polar surface area (TPSA) is 81.3 Å². The van der Waals surface area contributed by atoms with E-state index in [1.54, 1.807) is 24.3 Å². The van der Waals surface area contributed by atoms with E-state index in [2.05, 4.69) is 0 Å². The molecule has 1 aromatic carbocycles. The number of carbonyl (C=O) groups is 1. The lowest BCUT2D eigenvalue weighted by atomic mass is 9.84. The Bertz CT molecular complexity index is 512. The predicted octanol–water partition coefficient (Wildman–Crippen LogP) is 0.504. The number of benzene rings is 1. The second-order valence-electron chi connectivity index (χ2n) is 4.05. The largest absolute Gasteiger partial charge is 0.393 e. The predicted molar refractivity (Wildman–Crippen MR) is 60.1 cm³/mol. The lowest BCUT2D eigenvalue weighted by Crippen LogP contribution is -2.37. The molecule has 1 aromatic rings. The molecule has 1 aliphatic rings. The molecule has 0 heterocycles. The number of ketones is 1. The lowest BCUT2D eigenvalue weighted by Gasteiger charge is -2.26. The van der Waals surface area contributed by atoms with Gasteiger partial charge in [0.05, 0.1) is 24.2 Å². The summed E-state index contributed by atoms with van der Waals surface area (Å²) >= 11 is 0. The van der Waals surface area contributed by atoms with Crippen LogP contribution in [0.4, 0.5) is 0 Å². The normalized spacial score (nSPS) is 27.1. The summed E-state index contributed by atoms with van der Waals surface area (Å²) in [6, 6.07) is 8.38. The number of aliphatic hydroxyl groups is 2. The van der Waals surface area contributed by atoms with Gasteiger partial charge in [0.2, 0.25) is 0 Å². The van der Waals surface area contributed by atoms with Gasteiger partial charge in [0, 0.05) is 0 Å². The first kappa shape index (κ1) is 11.5. The average Bonchev–Trinajstić information content (AvgIpc) is 2.66. The van der Waals surface area contributed by atoms with Crippen LogP contribution in [0.2, 0.25) is 0 Å². The zero-order valence-electron chi connectivity index (χ0n) is 9.00. The average molecular weight is 229 g/mol. The van der Waals surface area contributed by atoms with Crippen LogP contribution >= 0.6 is 0 Å². The van der Waals surface area contributed by atoms with Gasteiger partial charge >= 0.3 is 0 Å². The Morgan fingerprint density at radius 3 is 2.53 bits per heavy atom. The van der Waals surface area contributed by atoms with E-state index in [1.165, 1.54) is 12.2 Å². The second kappa shape index (κ2) is 4.13. The third-order valence-electron chi connectivity index (χ3n) is 2.95. The minimum absolute atomic E-state index is 0.244. The van der Waals surface area contributed by atoms with Gasteiger partial charge in [-0.25, -0.2) is 0 Å². The lowest BCUT2D eigenvalue weighted by molar-refractivity contribution is -0.119. The molecule has 0 unspecified atom stereocenters. The summed E-state index contributed by atoms with van der Waals surface area (Å²) < 4.78 is 0. The van der Waals surface area contributed by atoms with E-state index >= 15 is 0 Å². The molecule has 0 aromatic heterocycles. The van der Waals surface area contributed by atoms with Gasteiger partial charge in [-0.15, -0.1) is 0 Å². The number of rotatable bonds is 2. The molecule has 4 heteroatoms. The Kier molecular flexibility index (Phi) is 2.80. The number of hydrogen-bond donors (Lipinski definition) is 2. The Morgan fingerprint density at radius 1 is 1.35 bits per heavy atom. The molecule has 4 nitrogen and oxygen atoms in total. The van der Waals surface area contributed by atoms with Gasteiger partial charge in [0.15, 0.2) is 5.78 Å². The minimum Gasteiger partial charge on any atom is -0.393 e. The maximum atomic E-state index is 11.7. The third kappa shape index (κ3) is 1.86. The van der Waals surface area contributed by atoms with Gasteiger partial charge in [-0.05, 0) is 29.8 Å². The molecule has 2 rings (SSSR count). The molecule has 0 saturated carbocycles. The molecule has 0 fully saturated rings. The zero-order chi connectivity index (χ0) is 12.5. The van der Waals surface area contributed by atoms with E-state index in [1.807, 2.05) is 6.07 Å². The highest BCUT2D eigenvalue weighted by molar-refractivity contribution is 5.99.